The number of hydrogen-bond acceptors (Lipinski definition) is 4. The van der Waals surface area contributed by atoms with Gasteiger partial charge in [-0.25, -0.2) is 14.2 Å². The number of carboxylic acid groups (broad SMARTS) is 1. The lowest BCUT2D eigenvalue weighted by molar-refractivity contribution is -0.141. The predicted octanol–water partition coefficient (Wildman–Crippen LogP) is 5.33. The van der Waals surface area contributed by atoms with Crippen molar-refractivity contribution < 1.29 is 32.2 Å². The number of rotatable bonds is 5. The number of aromatic nitrogens is 1. The van der Waals surface area contributed by atoms with Gasteiger partial charge in [0.2, 0.25) is 0 Å². The first-order valence-electron chi connectivity index (χ1n) is 8.70. The lowest BCUT2D eigenvalue weighted by Gasteiger charge is -2.21. The maximum atomic E-state index is 13.9. The summed E-state index contributed by atoms with van der Waals surface area (Å²) < 4.78 is 59.4. The molecule has 0 saturated heterocycles. The Labute approximate surface area is 168 Å². The Balaban J connectivity index is 2.01. The van der Waals surface area contributed by atoms with Gasteiger partial charge in [-0.05, 0) is 30.7 Å². The number of aromatic carboxylic acids is 1. The fourth-order valence-electron chi connectivity index (χ4n) is 3.05. The number of hydrogen-bond donors (Lipinski definition) is 2. The molecule has 0 spiro atoms. The van der Waals surface area contributed by atoms with Crippen LogP contribution in [0, 0.1) is 5.82 Å². The predicted molar refractivity (Wildman–Crippen MR) is 101 cm³/mol. The molecule has 1 heterocycles. The second-order valence-electron chi connectivity index (χ2n) is 6.42. The Morgan fingerprint density at radius 2 is 1.87 bits per heavy atom. The number of carboxylic acids is 1. The normalized spacial score (nSPS) is 12.4. The maximum Gasteiger partial charge on any atom is 0.419 e. The number of ether oxygens (including phenoxy) is 1. The second kappa shape index (κ2) is 8.02. The number of carbonyl (C=O) groups is 1. The van der Waals surface area contributed by atoms with Gasteiger partial charge < -0.3 is 15.6 Å². The molecule has 5 nitrogen and oxygen atoms in total. The van der Waals surface area contributed by atoms with Gasteiger partial charge in [-0.15, -0.1) is 0 Å². The van der Waals surface area contributed by atoms with Crippen molar-refractivity contribution >= 4 is 11.8 Å². The van der Waals surface area contributed by atoms with Gasteiger partial charge in [-0.3, -0.25) is 0 Å². The molecule has 1 aromatic heterocycles. The van der Waals surface area contributed by atoms with E-state index in [9.17, 15) is 27.5 Å². The zero-order valence-electron chi connectivity index (χ0n) is 15.6. The number of anilines is 1. The average Bonchev–Trinajstić information content (AvgIpc) is 2.68. The summed E-state index contributed by atoms with van der Waals surface area (Å²) in [6.07, 6.45) is -4.80. The fraction of sp³-hybridized carbons (Fsp3) is 0.143. The molecule has 3 N–H and O–H groups in total. The quantitative estimate of drug-likeness (QED) is 0.545. The van der Waals surface area contributed by atoms with Crippen LogP contribution in [-0.4, -0.2) is 16.1 Å². The van der Waals surface area contributed by atoms with Crippen molar-refractivity contribution in [3.05, 3.63) is 77.2 Å². The van der Waals surface area contributed by atoms with E-state index in [1.807, 2.05) is 0 Å². The van der Waals surface area contributed by atoms with E-state index in [1.165, 1.54) is 25.3 Å². The highest BCUT2D eigenvalue weighted by Crippen LogP contribution is 2.39. The minimum atomic E-state index is -4.91. The zero-order valence-corrected chi connectivity index (χ0v) is 15.6. The summed E-state index contributed by atoms with van der Waals surface area (Å²) in [6.45, 7) is 1.32. The summed E-state index contributed by atoms with van der Waals surface area (Å²) in [5.41, 5.74) is 4.66. The summed E-state index contributed by atoms with van der Waals surface area (Å²) in [4.78, 5) is 15.4. The van der Waals surface area contributed by atoms with Crippen LogP contribution in [0.1, 0.15) is 34.5 Å². The minimum absolute atomic E-state index is 0.00700. The van der Waals surface area contributed by atoms with Crippen LogP contribution in [0.3, 0.4) is 0 Å². The van der Waals surface area contributed by atoms with E-state index in [0.29, 0.717) is 11.1 Å². The van der Waals surface area contributed by atoms with E-state index in [0.717, 1.165) is 18.2 Å². The van der Waals surface area contributed by atoms with Crippen LogP contribution >= 0.6 is 0 Å². The van der Waals surface area contributed by atoms with E-state index in [-0.39, 0.29) is 17.1 Å². The molecule has 0 aliphatic carbocycles. The number of nitrogen functional groups attached to an aromatic ring is 1. The number of benzene rings is 2. The number of nitrogens with zero attached hydrogens (tertiary/aromatic N) is 1. The molecule has 0 bridgehead atoms. The van der Waals surface area contributed by atoms with Crippen molar-refractivity contribution in [1.29, 1.82) is 0 Å². The van der Waals surface area contributed by atoms with E-state index in [4.69, 9.17) is 10.5 Å². The largest absolute Gasteiger partial charge is 0.482 e. The highest BCUT2D eigenvalue weighted by Gasteiger charge is 2.38. The van der Waals surface area contributed by atoms with E-state index >= 15 is 0 Å². The molecule has 1 atom stereocenters. The lowest BCUT2D eigenvalue weighted by atomic mass is 10.0. The Morgan fingerprint density at radius 3 is 2.53 bits per heavy atom. The van der Waals surface area contributed by atoms with Crippen LogP contribution in [0.15, 0.2) is 54.7 Å². The monoisotopic (exact) mass is 420 g/mol. The molecule has 3 rings (SSSR count). The molecular formula is C21H16F4N2O3. The van der Waals surface area contributed by atoms with Crippen LogP contribution in [-0.2, 0) is 6.18 Å². The lowest BCUT2D eigenvalue weighted by Crippen LogP contribution is -2.16. The van der Waals surface area contributed by atoms with Gasteiger partial charge in [0.05, 0.1) is 11.1 Å². The van der Waals surface area contributed by atoms with Crippen LogP contribution < -0.4 is 10.5 Å². The second-order valence-corrected chi connectivity index (χ2v) is 6.42. The smallest absolute Gasteiger partial charge is 0.419 e. The fourth-order valence-corrected chi connectivity index (χ4v) is 3.05. The Bertz CT molecular complexity index is 1100. The van der Waals surface area contributed by atoms with Crippen molar-refractivity contribution in [3.8, 4) is 16.9 Å². The van der Waals surface area contributed by atoms with Gasteiger partial charge in [0, 0.05) is 17.3 Å². The van der Waals surface area contributed by atoms with E-state index in [1.54, 1.807) is 18.2 Å². The number of alkyl halides is 3. The number of halogens is 4. The van der Waals surface area contributed by atoms with Gasteiger partial charge >= 0.3 is 12.1 Å². The standard InChI is InChI=1S/C21H16F4N2O3/c1-11(13-7-4-8-16(22)18(13)21(23,24)25)30-17-9-12(10-27-19(17)26)14-5-2-3-6-15(14)20(28)29/h2-11H,1H3,(H2,26,27)(H,28,29). The Hall–Kier alpha value is -3.62. The molecule has 0 radical (unpaired) electrons. The third kappa shape index (κ3) is 4.19. The summed E-state index contributed by atoms with van der Waals surface area (Å²) >= 11 is 0. The minimum Gasteiger partial charge on any atom is -0.482 e. The first-order chi connectivity index (χ1) is 14.1. The summed E-state index contributed by atoms with van der Waals surface area (Å²) in [5.74, 6) is -2.74. The third-order valence-electron chi connectivity index (χ3n) is 4.42. The molecule has 1 unspecified atom stereocenters. The van der Waals surface area contributed by atoms with Crippen molar-refractivity contribution in [3.63, 3.8) is 0 Å². The molecule has 0 fully saturated rings. The zero-order chi connectivity index (χ0) is 22.1. The van der Waals surface area contributed by atoms with Crippen LogP contribution in [0.5, 0.6) is 5.75 Å². The first kappa shape index (κ1) is 21.1. The molecule has 0 amide bonds. The number of pyridine rings is 1. The molecule has 0 aliphatic rings. The highest BCUT2D eigenvalue weighted by molar-refractivity contribution is 5.96. The summed E-state index contributed by atoms with van der Waals surface area (Å²) in [7, 11) is 0. The van der Waals surface area contributed by atoms with Crippen molar-refractivity contribution in [2.45, 2.75) is 19.2 Å². The van der Waals surface area contributed by atoms with Crippen LogP contribution in [0.2, 0.25) is 0 Å². The van der Waals surface area contributed by atoms with Gasteiger partial charge in [0.25, 0.3) is 0 Å². The molecule has 0 aliphatic heterocycles. The Morgan fingerprint density at radius 1 is 1.17 bits per heavy atom. The number of nitrogens with two attached hydrogens (primary N) is 1. The van der Waals surface area contributed by atoms with Crippen molar-refractivity contribution in [2.75, 3.05) is 5.73 Å². The van der Waals surface area contributed by atoms with Crippen LogP contribution in [0.25, 0.3) is 11.1 Å². The van der Waals surface area contributed by atoms with Crippen molar-refractivity contribution in [1.82, 2.24) is 4.98 Å². The molecule has 3 aromatic rings. The molecule has 2 aromatic carbocycles. The van der Waals surface area contributed by atoms with E-state index in [2.05, 4.69) is 4.98 Å². The average molecular weight is 420 g/mol. The van der Waals surface area contributed by atoms with Crippen LogP contribution in [0.4, 0.5) is 23.4 Å². The van der Waals surface area contributed by atoms with Gasteiger partial charge in [0.1, 0.15) is 11.9 Å². The summed E-state index contributed by atoms with van der Waals surface area (Å²) in [6, 6.07) is 10.5. The molecular weight excluding hydrogens is 404 g/mol. The SMILES string of the molecule is CC(Oc1cc(-c2ccccc2C(=O)O)cnc1N)c1cccc(F)c1C(F)(F)F. The van der Waals surface area contributed by atoms with Gasteiger partial charge in [-0.1, -0.05) is 30.3 Å². The van der Waals surface area contributed by atoms with Crippen molar-refractivity contribution in [2.24, 2.45) is 0 Å². The molecule has 0 saturated carbocycles. The maximum absolute atomic E-state index is 13.9. The Kier molecular flexibility index (Phi) is 5.64. The highest BCUT2D eigenvalue weighted by atomic mass is 19.4. The van der Waals surface area contributed by atoms with Gasteiger partial charge in [0.15, 0.2) is 11.6 Å². The molecule has 156 valence electrons. The molecule has 30 heavy (non-hydrogen) atoms. The third-order valence-corrected chi connectivity index (χ3v) is 4.42. The first-order valence-corrected chi connectivity index (χ1v) is 8.70. The summed E-state index contributed by atoms with van der Waals surface area (Å²) in [5, 5.41) is 9.36. The molecule has 9 heteroatoms. The topological polar surface area (TPSA) is 85.4 Å². The van der Waals surface area contributed by atoms with E-state index < -0.39 is 35.2 Å². The van der Waals surface area contributed by atoms with Gasteiger partial charge in [-0.2, -0.15) is 13.2 Å².